The fourth-order valence-electron chi connectivity index (χ4n) is 2.73. The molecule has 7 heteroatoms. The van der Waals surface area contributed by atoms with E-state index in [-0.39, 0.29) is 11.5 Å². The molecule has 1 atom stereocenters. The van der Waals surface area contributed by atoms with Crippen LogP contribution in [0.15, 0.2) is 59.7 Å². The molecule has 26 heavy (non-hydrogen) atoms. The van der Waals surface area contributed by atoms with Gasteiger partial charge < -0.3 is 0 Å². The van der Waals surface area contributed by atoms with E-state index in [1.165, 1.54) is 11.3 Å². The maximum atomic E-state index is 8.44. The van der Waals surface area contributed by atoms with Crippen LogP contribution < -0.4 is 5.01 Å². The smallest absolute Gasteiger partial charge is 0.258 e. The van der Waals surface area contributed by atoms with Crippen LogP contribution in [-0.4, -0.2) is 18.3 Å². The third-order valence-corrected chi connectivity index (χ3v) is 4.30. The van der Waals surface area contributed by atoms with E-state index in [2.05, 4.69) is 62.2 Å². The van der Waals surface area contributed by atoms with Gasteiger partial charge in [-0.25, -0.2) is 0 Å². The van der Waals surface area contributed by atoms with E-state index in [1.807, 2.05) is 18.2 Å². The number of para-hydroxylation sites is 1. The summed E-state index contributed by atoms with van der Waals surface area (Å²) < 4.78 is 25.3. The second-order valence-corrected chi connectivity index (χ2v) is 7.80. The van der Waals surface area contributed by atoms with E-state index in [9.17, 15) is 0 Å². The number of hydrogen-bond acceptors (Lipinski definition) is 5. The first-order valence-electron chi connectivity index (χ1n) is 8.13. The van der Waals surface area contributed by atoms with Crippen LogP contribution in [0.5, 0.6) is 0 Å². The molecule has 138 valence electrons. The molecule has 0 radical (unpaired) electrons. The maximum Gasteiger partial charge on any atom is 0.425 e. The molecular formula is C19H21ClN2O3S. The minimum Gasteiger partial charge on any atom is -0.258 e. The Hall–Kier alpha value is -2.18. The number of halogens is 1. The quantitative estimate of drug-likeness (QED) is 0.743. The topological polar surface area (TPSA) is 66.8 Å². The minimum absolute atomic E-state index is 0.0776. The zero-order chi connectivity index (χ0) is 19.3. The van der Waals surface area contributed by atoms with Gasteiger partial charge in [-0.3, -0.25) is 5.01 Å². The van der Waals surface area contributed by atoms with Crippen molar-refractivity contribution in [2.75, 3.05) is 5.01 Å². The Morgan fingerprint density at radius 2 is 1.54 bits per heavy atom. The molecule has 0 fully saturated rings. The van der Waals surface area contributed by atoms with Gasteiger partial charge in [-0.1, -0.05) is 62.7 Å². The first-order chi connectivity index (χ1) is 12.2. The van der Waals surface area contributed by atoms with E-state index in [0.29, 0.717) is 0 Å². The van der Waals surface area contributed by atoms with E-state index in [1.54, 1.807) is 0 Å². The molecule has 0 spiro atoms. The Bertz CT molecular complexity index is 867. The average molecular weight is 393 g/mol. The van der Waals surface area contributed by atoms with Crippen LogP contribution in [0.2, 0.25) is 5.02 Å². The first kappa shape index (κ1) is 20.1. The van der Waals surface area contributed by atoms with Crippen LogP contribution in [-0.2, 0) is 10.6 Å². The van der Waals surface area contributed by atoms with Gasteiger partial charge in [-0.15, -0.1) is 12.6 Å². The fraction of sp³-hybridized carbons (Fsp3) is 0.316. The molecule has 2 aromatic rings. The van der Waals surface area contributed by atoms with Crippen LogP contribution >= 0.6 is 11.6 Å². The van der Waals surface area contributed by atoms with Crippen molar-refractivity contribution in [3.05, 3.63) is 65.2 Å². The van der Waals surface area contributed by atoms with Crippen molar-refractivity contribution in [3.8, 4) is 0 Å². The largest absolute Gasteiger partial charge is 0.425 e. The van der Waals surface area contributed by atoms with E-state index in [4.69, 9.17) is 29.3 Å². The van der Waals surface area contributed by atoms with Crippen molar-refractivity contribution >= 4 is 33.6 Å². The van der Waals surface area contributed by atoms with E-state index < -0.39 is 10.6 Å². The number of rotatable bonds is 2. The summed E-state index contributed by atoms with van der Waals surface area (Å²) in [5, 5.41) is 7.84. The number of anilines is 1. The molecule has 0 aliphatic carbocycles. The van der Waals surface area contributed by atoms with Gasteiger partial charge in [0.15, 0.2) is 0 Å². The molecule has 0 saturated heterocycles. The second-order valence-electron chi connectivity index (χ2n) is 6.95. The Kier molecular flexibility index (Phi) is 6.56. The van der Waals surface area contributed by atoms with E-state index >= 15 is 0 Å². The van der Waals surface area contributed by atoms with Crippen molar-refractivity contribution in [2.45, 2.75) is 33.2 Å². The normalized spacial score (nSPS) is 16.5. The number of hydrogen-bond donors (Lipinski definition) is 0. The monoisotopic (exact) mass is 392 g/mol. The van der Waals surface area contributed by atoms with Gasteiger partial charge in [0.2, 0.25) is 0 Å². The summed E-state index contributed by atoms with van der Waals surface area (Å²) in [4.78, 5) is 0. The maximum absolute atomic E-state index is 8.44. The number of hydrazone groups is 1. The molecule has 0 N–H and O–H groups in total. The lowest BCUT2D eigenvalue weighted by molar-refractivity contribution is 0.559. The molecule has 0 bridgehead atoms. The summed E-state index contributed by atoms with van der Waals surface area (Å²) >= 11 is 6.03. The summed E-state index contributed by atoms with van der Waals surface area (Å²) in [6.45, 7) is 6.66. The van der Waals surface area contributed by atoms with Gasteiger partial charge in [-0.2, -0.15) is 5.10 Å². The van der Waals surface area contributed by atoms with Gasteiger partial charge >= 0.3 is 10.6 Å². The molecule has 1 heterocycles. The van der Waals surface area contributed by atoms with E-state index in [0.717, 1.165) is 17.1 Å². The third kappa shape index (κ3) is 5.41. The third-order valence-electron chi connectivity index (χ3n) is 4.05. The summed E-state index contributed by atoms with van der Waals surface area (Å²) in [5.41, 5.74) is 3.68. The SMILES string of the molecule is CC(C)(C)C1=NN(c2ccccc2)C(c2ccc(Cl)cc2)C1.O=S(=O)=O. The Balaban J connectivity index is 0.000000552. The average Bonchev–Trinajstić information content (AvgIpc) is 3.01. The molecule has 1 aliphatic heterocycles. The highest BCUT2D eigenvalue weighted by Crippen LogP contribution is 2.39. The number of benzene rings is 2. The first-order valence-corrected chi connectivity index (χ1v) is 9.50. The highest BCUT2D eigenvalue weighted by atomic mass is 35.5. The summed E-state index contributed by atoms with van der Waals surface area (Å²) in [7, 11) is -3.11. The van der Waals surface area contributed by atoms with Crippen molar-refractivity contribution in [3.63, 3.8) is 0 Å². The molecule has 5 nitrogen and oxygen atoms in total. The van der Waals surface area contributed by atoms with Crippen molar-refractivity contribution in [1.29, 1.82) is 0 Å². The Labute approximate surface area is 160 Å². The lowest BCUT2D eigenvalue weighted by Crippen LogP contribution is -2.19. The molecular weight excluding hydrogens is 372 g/mol. The predicted molar refractivity (Wildman–Crippen MR) is 104 cm³/mol. The summed E-state index contributed by atoms with van der Waals surface area (Å²) in [5.74, 6) is 0. The lowest BCUT2D eigenvalue weighted by atomic mass is 9.86. The van der Waals surface area contributed by atoms with Crippen molar-refractivity contribution in [1.82, 2.24) is 0 Å². The van der Waals surface area contributed by atoms with Crippen LogP contribution in [0.3, 0.4) is 0 Å². The van der Waals surface area contributed by atoms with Crippen LogP contribution in [0.25, 0.3) is 0 Å². The van der Waals surface area contributed by atoms with Gasteiger partial charge in [0, 0.05) is 22.6 Å². The summed E-state index contributed by atoms with van der Waals surface area (Å²) in [6, 6.07) is 18.7. The fourth-order valence-corrected chi connectivity index (χ4v) is 2.85. The predicted octanol–water partition coefficient (Wildman–Crippen LogP) is 4.69. The van der Waals surface area contributed by atoms with Gasteiger partial charge in [0.05, 0.1) is 11.7 Å². The van der Waals surface area contributed by atoms with Gasteiger partial charge in [0.25, 0.3) is 0 Å². The molecule has 0 saturated carbocycles. The Morgan fingerprint density at radius 3 is 2.04 bits per heavy atom. The lowest BCUT2D eigenvalue weighted by Gasteiger charge is -2.24. The van der Waals surface area contributed by atoms with Gasteiger partial charge in [0.1, 0.15) is 0 Å². The molecule has 2 aromatic carbocycles. The zero-order valence-corrected chi connectivity index (χ0v) is 16.5. The molecule has 3 rings (SSSR count). The van der Waals surface area contributed by atoms with Crippen molar-refractivity contribution in [2.24, 2.45) is 10.5 Å². The summed E-state index contributed by atoms with van der Waals surface area (Å²) in [6.07, 6.45) is 0.944. The standard InChI is InChI=1S/C19H21ClN2.O3S/c1-19(2,3)18-13-17(14-9-11-15(20)12-10-14)22(21-18)16-7-5-4-6-8-16;1-4(2)3/h4-12,17H,13H2,1-3H3;. The molecule has 0 amide bonds. The number of nitrogens with zero attached hydrogens (tertiary/aromatic N) is 2. The van der Waals surface area contributed by atoms with Crippen LogP contribution in [0.4, 0.5) is 5.69 Å². The molecule has 1 aliphatic rings. The Morgan fingerprint density at radius 1 is 1.00 bits per heavy atom. The minimum atomic E-state index is -3.11. The van der Waals surface area contributed by atoms with Crippen LogP contribution in [0.1, 0.15) is 38.8 Å². The van der Waals surface area contributed by atoms with Crippen molar-refractivity contribution < 1.29 is 12.6 Å². The highest BCUT2D eigenvalue weighted by Gasteiger charge is 2.34. The molecule has 0 aromatic heterocycles. The molecule has 1 unspecified atom stereocenters. The van der Waals surface area contributed by atoms with Gasteiger partial charge in [-0.05, 0) is 29.8 Å². The zero-order valence-electron chi connectivity index (χ0n) is 14.9. The highest BCUT2D eigenvalue weighted by molar-refractivity contribution is 7.59. The second kappa shape index (κ2) is 8.47. The van der Waals surface area contributed by atoms with Crippen LogP contribution in [0, 0.1) is 5.41 Å².